The van der Waals surface area contributed by atoms with Gasteiger partial charge in [-0.25, -0.2) is 5.84 Å². The van der Waals surface area contributed by atoms with Gasteiger partial charge in [-0.1, -0.05) is 15.9 Å². The summed E-state index contributed by atoms with van der Waals surface area (Å²) in [4.78, 5) is 18.2. The SMILES string of the molecule is NNc1cncc(Oc2ccc(Br)cc2[N+](=O)[O-])n1. The topological polar surface area (TPSA) is 116 Å². The maximum Gasteiger partial charge on any atom is 0.312 e. The van der Waals surface area contributed by atoms with E-state index in [1.54, 1.807) is 6.07 Å². The lowest BCUT2D eigenvalue weighted by Crippen LogP contribution is -2.09. The smallest absolute Gasteiger partial charge is 0.312 e. The van der Waals surface area contributed by atoms with Gasteiger partial charge in [0.15, 0.2) is 5.82 Å². The quantitative estimate of drug-likeness (QED) is 0.502. The second-order valence-electron chi connectivity index (χ2n) is 3.36. The van der Waals surface area contributed by atoms with Crippen molar-refractivity contribution < 1.29 is 9.66 Å². The molecule has 0 unspecified atom stereocenters. The summed E-state index contributed by atoms with van der Waals surface area (Å²) in [5.74, 6) is 5.64. The molecular weight excluding hydrogens is 318 g/mol. The van der Waals surface area contributed by atoms with Crippen molar-refractivity contribution in [2.45, 2.75) is 0 Å². The Morgan fingerprint density at radius 2 is 2.21 bits per heavy atom. The van der Waals surface area contributed by atoms with Crippen molar-refractivity contribution in [3.8, 4) is 11.6 Å². The van der Waals surface area contributed by atoms with E-state index in [1.165, 1.54) is 24.5 Å². The average Bonchev–Trinajstić information content (AvgIpc) is 2.41. The van der Waals surface area contributed by atoms with Crippen molar-refractivity contribution in [1.82, 2.24) is 9.97 Å². The Morgan fingerprint density at radius 1 is 1.42 bits per heavy atom. The number of hydrogen-bond donors (Lipinski definition) is 2. The highest BCUT2D eigenvalue weighted by atomic mass is 79.9. The lowest BCUT2D eigenvalue weighted by molar-refractivity contribution is -0.385. The molecule has 3 N–H and O–H groups in total. The van der Waals surface area contributed by atoms with E-state index in [-0.39, 0.29) is 23.1 Å². The van der Waals surface area contributed by atoms with Crippen LogP contribution in [0.25, 0.3) is 0 Å². The van der Waals surface area contributed by atoms with Gasteiger partial charge >= 0.3 is 5.69 Å². The molecule has 0 radical (unpaired) electrons. The minimum atomic E-state index is -0.543. The number of ether oxygens (including phenoxy) is 1. The van der Waals surface area contributed by atoms with Crippen LogP contribution in [0.1, 0.15) is 0 Å². The molecule has 0 aliphatic heterocycles. The summed E-state index contributed by atoms with van der Waals surface area (Å²) < 4.78 is 5.92. The first-order chi connectivity index (χ1) is 9.10. The van der Waals surface area contributed by atoms with Gasteiger partial charge in [0.2, 0.25) is 11.6 Å². The van der Waals surface area contributed by atoms with Gasteiger partial charge in [-0.05, 0) is 12.1 Å². The van der Waals surface area contributed by atoms with Crippen molar-refractivity contribution in [3.63, 3.8) is 0 Å². The van der Waals surface area contributed by atoms with Gasteiger partial charge in [-0.3, -0.25) is 15.1 Å². The molecule has 0 spiro atoms. The largest absolute Gasteiger partial charge is 0.430 e. The molecule has 2 rings (SSSR count). The first-order valence-corrected chi connectivity index (χ1v) is 5.80. The number of nitrogens with one attached hydrogen (secondary N) is 1. The van der Waals surface area contributed by atoms with Crippen LogP contribution < -0.4 is 16.0 Å². The molecule has 0 amide bonds. The Bertz CT molecular complexity index is 622. The Balaban J connectivity index is 2.34. The summed E-state index contributed by atoms with van der Waals surface area (Å²) in [7, 11) is 0. The van der Waals surface area contributed by atoms with Crippen molar-refractivity contribution in [2.24, 2.45) is 5.84 Å². The number of benzene rings is 1. The number of hydrogen-bond acceptors (Lipinski definition) is 7. The molecule has 0 aliphatic rings. The minimum Gasteiger partial charge on any atom is -0.430 e. The van der Waals surface area contributed by atoms with Crippen LogP contribution in [-0.4, -0.2) is 14.9 Å². The number of hydrazine groups is 1. The summed E-state index contributed by atoms with van der Waals surface area (Å²) in [5, 5.41) is 10.9. The van der Waals surface area contributed by atoms with Crippen LogP contribution in [0.2, 0.25) is 0 Å². The van der Waals surface area contributed by atoms with E-state index in [9.17, 15) is 10.1 Å². The van der Waals surface area contributed by atoms with Gasteiger partial charge in [0, 0.05) is 10.5 Å². The molecule has 0 bridgehead atoms. The fourth-order valence-electron chi connectivity index (χ4n) is 1.30. The van der Waals surface area contributed by atoms with Crippen LogP contribution in [0.4, 0.5) is 11.5 Å². The first-order valence-electron chi connectivity index (χ1n) is 5.00. The van der Waals surface area contributed by atoms with E-state index in [2.05, 4.69) is 31.3 Å². The van der Waals surface area contributed by atoms with Crippen molar-refractivity contribution in [2.75, 3.05) is 5.43 Å². The summed E-state index contributed by atoms with van der Waals surface area (Å²) in [6.07, 6.45) is 2.72. The minimum absolute atomic E-state index is 0.0664. The van der Waals surface area contributed by atoms with Crippen LogP contribution in [0, 0.1) is 10.1 Å². The Hall–Kier alpha value is -2.26. The number of nitrogens with two attached hydrogens (primary N) is 1. The number of halogens is 1. The number of nitrogens with zero attached hydrogens (tertiary/aromatic N) is 3. The van der Waals surface area contributed by atoms with Crippen molar-refractivity contribution in [3.05, 3.63) is 45.2 Å². The molecule has 0 saturated heterocycles. The van der Waals surface area contributed by atoms with E-state index in [4.69, 9.17) is 10.6 Å². The van der Waals surface area contributed by atoms with E-state index >= 15 is 0 Å². The van der Waals surface area contributed by atoms with Crippen LogP contribution in [0.15, 0.2) is 35.1 Å². The molecule has 1 heterocycles. The molecule has 98 valence electrons. The molecule has 0 fully saturated rings. The highest BCUT2D eigenvalue weighted by Crippen LogP contribution is 2.32. The molecule has 1 aromatic heterocycles. The Labute approximate surface area is 115 Å². The second-order valence-corrected chi connectivity index (χ2v) is 4.27. The number of nitrogen functional groups attached to an aromatic ring is 1. The molecule has 0 aliphatic carbocycles. The molecule has 9 heteroatoms. The predicted octanol–water partition coefficient (Wildman–Crippen LogP) is 2.23. The Kier molecular flexibility index (Phi) is 3.88. The second kappa shape index (κ2) is 5.59. The monoisotopic (exact) mass is 325 g/mol. The third-order valence-corrected chi connectivity index (χ3v) is 2.59. The van der Waals surface area contributed by atoms with E-state index in [0.29, 0.717) is 4.47 Å². The van der Waals surface area contributed by atoms with Crippen LogP contribution in [-0.2, 0) is 0 Å². The van der Waals surface area contributed by atoms with Gasteiger partial charge in [0.1, 0.15) is 0 Å². The van der Waals surface area contributed by atoms with Crippen LogP contribution in [0.5, 0.6) is 11.6 Å². The van der Waals surface area contributed by atoms with Crippen molar-refractivity contribution >= 4 is 27.4 Å². The maximum absolute atomic E-state index is 10.9. The van der Waals surface area contributed by atoms with E-state index in [1.807, 2.05) is 0 Å². The Morgan fingerprint density at radius 3 is 2.89 bits per heavy atom. The maximum atomic E-state index is 10.9. The molecule has 0 saturated carbocycles. The number of aromatic nitrogens is 2. The zero-order valence-corrected chi connectivity index (χ0v) is 11.0. The van der Waals surface area contributed by atoms with Crippen LogP contribution in [0.3, 0.4) is 0 Å². The summed E-state index contributed by atoms with van der Waals surface area (Å²) in [6, 6.07) is 4.43. The summed E-state index contributed by atoms with van der Waals surface area (Å²) >= 11 is 3.16. The fourth-order valence-corrected chi connectivity index (χ4v) is 1.65. The molecular formula is C10H8BrN5O3. The predicted molar refractivity (Wildman–Crippen MR) is 70.7 cm³/mol. The van der Waals surface area contributed by atoms with E-state index < -0.39 is 4.92 Å². The van der Waals surface area contributed by atoms with Gasteiger partial charge in [-0.15, -0.1) is 0 Å². The molecule has 0 atom stereocenters. The number of rotatable bonds is 4. The van der Waals surface area contributed by atoms with Gasteiger partial charge in [0.05, 0.1) is 17.3 Å². The summed E-state index contributed by atoms with van der Waals surface area (Å²) in [6.45, 7) is 0. The van der Waals surface area contributed by atoms with Gasteiger partial charge < -0.3 is 10.2 Å². The van der Waals surface area contributed by atoms with Crippen molar-refractivity contribution in [1.29, 1.82) is 0 Å². The van der Waals surface area contributed by atoms with Gasteiger partial charge in [-0.2, -0.15) is 4.98 Å². The molecule has 1 aromatic carbocycles. The van der Waals surface area contributed by atoms with E-state index in [0.717, 1.165) is 0 Å². The highest BCUT2D eigenvalue weighted by Gasteiger charge is 2.17. The molecule has 19 heavy (non-hydrogen) atoms. The zero-order valence-electron chi connectivity index (χ0n) is 9.41. The lowest BCUT2D eigenvalue weighted by atomic mass is 10.3. The number of nitro benzene ring substituents is 1. The van der Waals surface area contributed by atoms with Crippen LogP contribution >= 0.6 is 15.9 Å². The third kappa shape index (κ3) is 3.14. The molecule has 2 aromatic rings. The lowest BCUT2D eigenvalue weighted by Gasteiger charge is -2.06. The zero-order chi connectivity index (χ0) is 13.8. The third-order valence-electron chi connectivity index (χ3n) is 2.09. The number of anilines is 1. The molecule has 8 nitrogen and oxygen atoms in total. The normalized spacial score (nSPS) is 10.0. The van der Waals surface area contributed by atoms with Gasteiger partial charge in [0.25, 0.3) is 0 Å². The highest BCUT2D eigenvalue weighted by molar-refractivity contribution is 9.10. The number of nitro groups is 1. The first kappa shape index (κ1) is 13.2. The summed E-state index contributed by atoms with van der Waals surface area (Å²) in [5.41, 5.74) is 2.13. The average molecular weight is 326 g/mol. The standard InChI is InChI=1S/C10H8BrN5O3/c11-6-1-2-8(7(3-6)16(17)18)19-10-5-13-4-9(14-10)15-12/h1-5H,12H2,(H,14,15). The fraction of sp³-hybridized carbons (Fsp3) is 0.